The second kappa shape index (κ2) is 7.91. The summed E-state index contributed by atoms with van der Waals surface area (Å²) in [5.41, 5.74) is 0. The Bertz CT molecular complexity index is 125. The Hall–Kier alpha value is -0.0900. The van der Waals surface area contributed by atoms with Crippen molar-refractivity contribution in [3.8, 4) is 0 Å². The molecule has 0 aliphatic carbocycles. The highest BCUT2D eigenvalue weighted by Gasteiger charge is 1.61. The van der Waals surface area contributed by atoms with Gasteiger partial charge in [-0.05, 0) is 4.08 Å². The van der Waals surface area contributed by atoms with Crippen LogP contribution in [0.15, 0.2) is 34.5 Å². The quantitative estimate of drug-likeness (QED) is 0.587. The van der Waals surface area contributed by atoms with Crippen LogP contribution in [0, 0.1) is 0 Å². The molecule has 0 aliphatic rings. The molecule has 0 aromatic rings. The van der Waals surface area contributed by atoms with Crippen molar-refractivity contribution in [1.29, 1.82) is 0 Å². The van der Waals surface area contributed by atoms with Crippen LogP contribution in [0.3, 0.4) is 0 Å². The van der Waals surface area contributed by atoms with Gasteiger partial charge in [0.05, 0.1) is 6.61 Å². The van der Waals surface area contributed by atoms with Crippen molar-refractivity contribution in [2.75, 3.05) is 6.61 Å². The van der Waals surface area contributed by atoms with E-state index in [1.54, 1.807) is 12.2 Å². The summed E-state index contributed by atoms with van der Waals surface area (Å²) in [6, 6.07) is 0. The fourth-order valence-electron chi connectivity index (χ4n) is 0.310. The van der Waals surface area contributed by atoms with E-state index in [0.717, 1.165) is 0 Å². The summed E-state index contributed by atoms with van der Waals surface area (Å²) in [5.74, 6) is 0. The first kappa shape index (κ1) is 8.91. The van der Waals surface area contributed by atoms with Crippen molar-refractivity contribution >= 4 is 22.6 Å². The fraction of sp³-hybridized carbons (Fsp3) is 0.143. The zero-order valence-corrected chi connectivity index (χ0v) is 7.15. The molecule has 0 saturated carbocycles. The summed E-state index contributed by atoms with van der Waals surface area (Å²) in [7, 11) is 0. The van der Waals surface area contributed by atoms with Crippen molar-refractivity contribution in [1.82, 2.24) is 0 Å². The van der Waals surface area contributed by atoms with E-state index in [1.165, 1.54) is 0 Å². The predicted octanol–water partition coefficient (Wildman–Crippen LogP) is 2.04. The highest BCUT2D eigenvalue weighted by atomic mass is 127. The molecule has 0 bridgehead atoms. The molecular formula is C7H9IO. The van der Waals surface area contributed by atoms with Gasteiger partial charge >= 0.3 is 0 Å². The van der Waals surface area contributed by atoms with Gasteiger partial charge in [-0.3, -0.25) is 0 Å². The highest BCUT2D eigenvalue weighted by molar-refractivity contribution is 14.1. The van der Waals surface area contributed by atoms with Gasteiger partial charge in [0.2, 0.25) is 0 Å². The Balaban J connectivity index is 3.35. The standard InChI is InChI=1S/C7H9IO/c8-6-4-2-1-3-5-7-9/h1-6,9H,7H2/b2-1-,5-3+,6-4-. The Kier molecular flexibility index (Phi) is 7.83. The first-order valence-corrected chi connectivity index (χ1v) is 3.85. The van der Waals surface area contributed by atoms with Crippen LogP contribution in [-0.2, 0) is 0 Å². The van der Waals surface area contributed by atoms with Gasteiger partial charge in [-0.25, -0.2) is 0 Å². The molecule has 2 heteroatoms. The molecule has 0 saturated heterocycles. The van der Waals surface area contributed by atoms with Crippen LogP contribution in [0.25, 0.3) is 0 Å². The van der Waals surface area contributed by atoms with Crippen molar-refractivity contribution in [2.24, 2.45) is 0 Å². The summed E-state index contributed by atoms with van der Waals surface area (Å²) in [4.78, 5) is 0. The number of halogens is 1. The summed E-state index contributed by atoms with van der Waals surface area (Å²) in [5, 5.41) is 8.28. The third kappa shape index (κ3) is 7.91. The lowest BCUT2D eigenvalue weighted by molar-refractivity contribution is 0.343. The van der Waals surface area contributed by atoms with Crippen molar-refractivity contribution < 1.29 is 5.11 Å². The normalized spacial score (nSPS) is 12.7. The van der Waals surface area contributed by atoms with E-state index >= 15 is 0 Å². The first-order valence-electron chi connectivity index (χ1n) is 2.61. The van der Waals surface area contributed by atoms with E-state index in [1.807, 2.05) is 22.3 Å². The van der Waals surface area contributed by atoms with Gasteiger partial charge in [0.25, 0.3) is 0 Å². The van der Waals surface area contributed by atoms with Crippen molar-refractivity contribution in [2.45, 2.75) is 0 Å². The zero-order chi connectivity index (χ0) is 6.95. The molecule has 0 atom stereocenters. The van der Waals surface area contributed by atoms with Gasteiger partial charge in [0, 0.05) is 0 Å². The number of hydrogen-bond donors (Lipinski definition) is 1. The van der Waals surface area contributed by atoms with Gasteiger partial charge in [-0.1, -0.05) is 53.0 Å². The molecule has 50 valence electrons. The second-order valence-electron chi connectivity index (χ2n) is 1.31. The van der Waals surface area contributed by atoms with Gasteiger partial charge in [0.15, 0.2) is 0 Å². The lowest BCUT2D eigenvalue weighted by Crippen LogP contribution is -1.66. The third-order valence-electron chi connectivity index (χ3n) is 0.648. The Morgan fingerprint density at radius 1 is 1.11 bits per heavy atom. The van der Waals surface area contributed by atoms with Crippen LogP contribution < -0.4 is 0 Å². The maximum Gasteiger partial charge on any atom is 0.0615 e. The van der Waals surface area contributed by atoms with E-state index < -0.39 is 0 Å². The number of rotatable bonds is 3. The van der Waals surface area contributed by atoms with E-state index in [4.69, 9.17) is 5.11 Å². The first-order chi connectivity index (χ1) is 4.41. The monoisotopic (exact) mass is 236 g/mol. The predicted molar refractivity (Wildman–Crippen MR) is 48.5 cm³/mol. The Morgan fingerprint density at radius 2 is 1.78 bits per heavy atom. The molecule has 1 N–H and O–H groups in total. The minimum Gasteiger partial charge on any atom is -0.392 e. The minimum absolute atomic E-state index is 0.109. The van der Waals surface area contributed by atoms with Gasteiger partial charge in [-0.15, -0.1) is 0 Å². The van der Waals surface area contributed by atoms with Crippen LogP contribution in [0.4, 0.5) is 0 Å². The fourth-order valence-corrected chi connectivity index (χ4v) is 0.549. The van der Waals surface area contributed by atoms with Crippen LogP contribution in [0.2, 0.25) is 0 Å². The lowest BCUT2D eigenvalue weighted by Gasteiger charge is -1.72. The van der Waals surface area contributed by atoms with Gasteiger partial charge in [0.1, 0.15) is 0 Å². The molecule has 0 aliphatic heterocycles. The average Bonchev–Trinajstić information content (AvgIpc) is 1.89. The second-order valence-corrected chi connectivity index (χ2v) is 2.03. The summed E-state index contributed by atoms with van der Waals surface area (Å²) >= 11 is 2.14. The molecule has 1 nitrogen and oxygen atoms in total. The lowest BCUT2D eigenvalue weighted by atomic mass is 10.4. The SMILES string of the molecule is OC/C=C/C=C\C=C/I. The molecular weight excluding hydrogens is 227 g/mol. The Labute approximate surface area is 68.9 Å². The third-order valence-corrected chi connectivity index (χ3v) is 1.06. The molecule has 0 heterocycles. The molecule has 0 fully saturated rings. The number of aliphatic hydroxyl groups excluding tert-OH is 1. The summed E-state index contributed by atoms with van der Waals surface area (Å²) < 4.78 is 1.92. The maximum atomic E-state index is 8.28. The average molecular weight is 236 g/mol. The van der Waals surface area contributed by atoms with Crippen molar-refractivity contribution in [3.63, 3.8) is 0 Å². The Morgan fingerprint density at radius 3 is 2.33 bits per heavy atom. The van der Waals surface area contributed by atoms with Crippen LogP contribution in [0.1, 0.15) is 0 Å². The number of aliphatic hydroxyl groups is 1. The van der Waals surface area contributed by atoms with E-state index in [2.05, 4.69) is 22.6 Å². The topological polar surface area (TPSA) is 20.2 Å². The molecule has 0 unspecified atom stereocenters. The highest BCUT2D eigenvalue weighted by Crippen LogP contribution is 1.85. The van der Waals surface area contributed by atoms with E-state index in [0.29, 0.717) is 0 Å². The summed E-state index contributed by atoms with van der Waals surface area (Å²) in [6.45, 7) is 0.109. The molecule has 0 spiro atoms. The number of allylic oxidation sites excluding steroid dienone is 4. The molecule has 9 heavy (non-hydrogen) atoms. The molecule has 0 aromatic carbocycles. The summed E-state index contributed by atoms with van der Waals surface area (Å²) in [6.07, 6.45) is 9.17. The molecule has 0 radical (unpaired) electrons. The van der Waals surface area contributed by atoms with Crippen LogP contribution in [0.5, 0.6) is 0 Å². The van der Waals surface area contributed by atoms with Gasteiger partial charge in [-0.2, -0.15) is 0 Å². The van der Waals surface area contributed by atoms with E-state index in [9.17, 15) is 0 Å². The smallest absolute Gasteiger partial charge is 0.0615 e. The van der Waals surface area contributed by atoms with Crippen LogP contribution in [-0.4, -0.2) is 11.7 Å². The zero-order valence-electron chi connectivity index (χ0n) is 5.00. The van der Waals surface area contributed by atoms with Crippen LogP contribution >= 0.6 is 22.6 Å². The van der Waals surface area contributed by atoms with E-state index in [-0.39, 0.29) is 6.61 Å². The van der Waals surface area contributed by atoms with Gasteiger partial charge < -0.3 is 5.11 Å². The number of hydrogen-bond acceptors (Lipinski definition) is 1. The minimum atomic E-state index is 0.109. The molecule has 0 rings (SSSR count). The molecule has 0 amide bonds. The van der Waals surface area contributed by atoms with Crippen molar-refractivity contribution in [3.05, 3.63) is 34.5 Å². The largest absolute Gasteiger partial charge is 0.392 e. The maximum absolute atomic E-state index is 8.28. The molecule has 0 aromatic heterocycles.